The largest absolute Gasteiger partial charge is 0.340 e. The monoisotopic (exact) mass is 388 g/mol. The first kappa shape index (κ1) is 18.3. The molecule has 1 N–H and O–H groups in total. The first-order valence-electron chi connectivity index (χ1n) is 9.42. The van der Waals surface area contributed by atoms with Gasteiger partial charge in [-0.3, -0.25) is 9.78 Å². The molecule has 2 aromatic rings. The van der Waals surface area contributed by atoms with E-state index in [0.29, 0.717) is 42.9 Å². The number of carbonyl (C=O) groups is 1. The predicted molar refractivity (Wildman–Crippen MR) is 103 cm³/mol. The Morgan fingerprint density at radius 3 is 2.81 bits per heavy atom. The Morgan fingerprint density at radius 1 is 1.11 bits per heavy atom. The summed E-state index contributed by atoms with van der Waals surface area (Å²) >= 11 is 0. The number of amides is 1. The highest BCUT2D eigenvalue weighted by Crippen LogP contribution is 2.26. The molecule has 2 aliphatic rings. The van der Waals surface area contributed by atoms with Crippen LogP contribution in [0.3, 0.4) is 0 Å². The average Bonchev–Trinajstić information content (AvgIpc) is 3.11. The lowest BCUT2D eigenvalue weighted by Crippen LogP contribution is -2.45. The number of hydrogen-bond donors (Lipinski definition) is 1. The molecule has 2 saturated heterocycles. The Kier molecular flexibility index (Phi) is 5.12. The molecule has 1 aromatic heterocycles. The third-order valence-corrected chi connectivity index (χ3v) is 7.34. The van der Waals surface area contributed by atoms with Gasteiger partial charge >= 0.3 is 0 Å². The lowest BCUT2D eigenvalue weighted by molar-refractivity contribution is -0.132. The number of rotatable bonds is 3. The van der Waals surface area contributed by atoms with E-state index in [0.717, 1.165) is 24.8 Å². The molecule has 0 aliphatic carbocycles. The molecule has 144 valence electrons. The predicted octanol–water partition coefficient (Wildman–Crippen LogP) is 1.21. The number of carbonyl (C=O) groups excluding carboxylic acids is 1. The van der Waals surface area contributed by atoms with Gasteiger partial charge < -0.3 is 10.2 Å². The van der Waals surface area contributed by atoms with Crippen LogP contribution in [0.5, 0.6) is 0 Å². The fourth-order valence-electron chi connectivity index (χ4n) is 3.93. The number of nitrogens with zero attached hydrogens (tertiary/aromatic N) is 3. The molecular weight excluding hydrogens is 364 g/mol. The quantitative estimate of drug-likeness (QED) is 0.855. The van der Waals surface area contributed by atoms with Crippen LogP contribution in [0.2, 0.25) is 0 Å². The van der Waals surface area contributed by atoms with Gasteiger partial charge in [0.15, 0.2) is 0 Å². The standard InChI is InChI=1S/C19H24N4O3S/c24-19(17-5-2-8-21-17)22-10-3-11-23(13-12-22)27(25,26)18-6-1-4-15-14-20-9-7-16(15)18/h1,4,6-7,9,14,17,21H,2-3,5,8,10-13H2. The number of sulfonamides is 1. The average molecular weight is 388 g/mol. The van der Waals surface area contributed by atoms with Crippen LogP contribution in [0, 0.1) is 0 Å². The van der Waals surface area contributed by atoms with Crippen molar-refractivity contribution in [1.29, 1.82) is 0 Å². The smallest absolute Gasteiger partial charge is 0.243 e. The zero-order valence-corrected chi connectivity index (χ0v) is 16.0. The van der Waals surface area contributed by atoms with Gasteiger partial charge in [-0.2, -0.15) is 4.31 Å². The van der Waals surface area contributed by atoms with Gasteiger partial charge in [0, 0.05) is 49.3 Å². The molecule has 4 rings (SSSR count). The highest BCUT2D eigenvalue weighted by Gasteiger charge is 2.32. The highest BCUT2D eigenvalue weighted by molar-refractivity contribution is 7.89. The maximum Gasteiger partial charge on any atom is 0.243 e. The second-order valence-corrected chi connectivity index (χ2v) is 8.99. The van der Waals surface area contributed by atoms with Crippen molar-refractivity contribution >= 4 is 26.7 Å². The van der Waals surface area contributed by atoms with E-state index in [1.807, 2.05) is 11.0 Å². The summed E-state index contributed by atoms with van der Waals surface area (Å²) < 4.78 is 28.1. The molecule has 8 heteroatoms. The van der Waals surface area contributed by atoms with Gasteiger partial charge in [-0.05, 0) is 37.9 Å². The van der Waals surface area contributed by atoms with Crippen LogP contribution >= 0.6 is 0 Å². The van der Waals surface area contributed by atoms with E-state index < -0.39 is 10.0 Å². The Labute approximate surface area is 159 Å². The van der Waals surface area contributed by atoms with E-state index in [9.17, 15) is 13.2 Å². The molecule has 0 spiro atoms. The van der Waals surface area contributed by atoms with Gasteiger partial charge in [-0.25, -0.2) is 8.42 Å². The molecule has 1 aromatic carbocycles. The zero-order valence-electron chi connectivity index (χ0n) is 15.2. The van der Waals surface area contributed by atoms with Crippen LogP contribution in [-0.4, -0.2) is 67.3 Å². The number of pyridine rings is 1. The summed E-state index contributed by atoms with van der Waals surface area (Å²) in [5.41, 5.74) is 0. The van der Waals surface area contributed by atoms with Gasteiger partial charge in [0.1, 0.15) is 0 Å². The van der Waals surface area contributed by atoms with Crippen molar-refractivity contribution in [3.63, 3.8) is 0 Å². The highest BCUT2D eigenvalue weighted by atomic mass is 32.2. The summed E-state index contributed by atoms with van der Waals surface area (Å²) in [6.45, 7) is 2.65. The SMILES string of the molecule is O=C(C1CCCN1)N1CCCN(S(=O)(=O)c2cccc3cnccc23)CC1. The van der Waals surface area contributed by atoms with Gasteiger partial charge in [0.25, 0.3) is 0 Å². The van der Waals surface area contributed by atoms with Crippen LogP contribution in [0.25, 0.3) is 10.8 Å². The van der Waals surface area contributed by atoms with E-state index in [-0.39, 0.29) is 11.9 Å². The van der Waals surface area contributed by atoms with Gasteiger partial charge in [0.2, 0.25) is 15.9 Å². The summed E-state index contributed by atoms with van der Waals surface area (Å²) in [5, 5.41) is 4.72. The van der Waals surface area contributed by atoms with E-state index in [1.165, 1.54) is 4.31 Å². The minimum absolute atomic E-state index is 0.1000. The van der Waals surface area contributed by atoms with E-state index >= 15 is 0 Å². The maximum atomic E-state index is 13.3. The molecule has 1 atom stereocenters. The topological polar surface area (TPSA) is 82.6 Å². The number of benzene rings is 1. The normalized spacial score (nSPS) is 22.1. The maximum absolute atomic E-state index is 13.3. The van der Waals surface area contributed by atoms with Crippen molar-refractivity contribution < 1.29 is 13.2 Å². The number of nitrogens with one attached hydrogen (secondary N) is 1. The molecule has 0 saturated carbocycles. The van der Waals surface area contributed by atoms with Crippen LogP contribution in [0.15, 0.2) is 41.6 Å². The van der Waals surface area contributed by atoms with Crippen LogP contribution in [0.1, 0.15) is 19.3 Å². The third-order valence-electron chi connectivity index (χ3n) is 5.38. The number of aromatic nitrogens is 1. The molecule has 0 bridgehead atoms. The number of fused-ring (bicyclic) bond motifs is 1. The van der Waals surface area contributed by atoms with Crippen LogP contribution in [0.4, 0.5) is 0 Å². The zero-order chi connectivity index (χ0) is 18.9. The Bertz CT molecular complexity index is 936. The summed E-state index contributed by atoms with van der Waals surface area (Å²) in [7, 11) is -3.63. The van der Waals surface area contributed by atoms with Crippen LogP contribution < -0.4 is 5.32 Å². The molecule has 1 unspecified atom stereocenters. The van der Waals surface area contributed by atoms with E-state index in [2.05, 4.69) is 10.3 Å². The first-order chi connectivity index (χ1) is 13.1. The van der Waals surface area contributed by atoms with E-state index in [4.69, 9.17) is 0 Å². The number of hydrogen-bond acceptors (Lipinski definition) is 5. The fourth-order valence-corrected chi connectivity index (χ4v) is 5.61. The Balaban J connectivity index is 1.55. The lowest BCUT2D eigenvalue weighted by atomic mass is 10.2. The van der Waals surface area contributed by atoms with Gasteiger partial charge in [-0.15, -0.1) is 0 Å². The Hall–Kier alpha value is -2.03. The third kappa shape index (κ3) is 3.56. The summed E-state index contributed by atoms with van der Waals surface area (Å²) in [5.74, 6) is 0.1000. The summed E-state index contributed by atoms with van der Waals surface area (Å²) in [6.07, 6.45) is 5.80. The van der Waals surface area contributed by atoms with Crippen molar-refractivity contribution in [3.05, 3.63) is 36.7 Å². The fraction of sp³-hybridized carbons (Fsp3) is 0.474. The van der Waals surface area contributed by atoms with Crippen molar-refractivity contribution in [3.8, 4) is 0 Å². The molecule has 2 aliphatic heterocycles. The second kappa shape index (κ2) is 7.53. The minimum atomic E-state index is -3.63. The molecule has 1 amide bonds. The van der Waals surface area contributed by atoms with Crippen molar-refractivity contribution in [2.24, 2.45) is 0 Å². The van der Waals surface area contributed by atoms with Crippen molar-refractivity contribution in [1.82, 2.24) is 19.5 Å². The minimum Gasteiger partial charge on any atom is -0.340 e. The second-order valence-electron chi connectivity index (χ2n) is 7.08. The molecule has 27 heavy (non-hydrogen) atoms. The molecular formula is C19H24N4O3S. The first-order valence-corrected chi connectivity index (χ1v) is 10.9. The summed E-state index contributed by atoms with van der Waals surface area (Å²) in [4.78, 5) is 18.8. The van der Waals surface area contributed by atoms with Gasteiger partial charge in [-0.1, -0.05) is 12.1 Å². The lowest BCUT2D eigenvalue weighted by Gasteiger charge is -2.24. The van der Waals surface area contributed by atoms with Gasteiger partial charge in [0.05, 0.1) is 10.9 Å². The Morgan fingerprint density at radius 2 is 2.00 bits per heavy atom. The van der Waals surface area contributed by atoms with Crippen molar-refractivity contribution in [2.75, 3.05) is 32.7 Å². The summed E-state index contributed by atoms with van der Waals surface area (Å²) in [6, 6.07) is 6.88. The molecule has 7 nitrogen and oxygen atoms in total. The van der Waals surface area contributed by atoms with E-state index in [1.54, 1.807) is 30.6 Å². The molecule has 0 radical (unpaired) electrons. The molecule has 2 fully saturated rings. The molecule has 3 heterocycles. The van der Waals surface area contributed by atoms with Crippen LogP contribution in [-0.2, 0) is 14.8 Å². The van der Waals surface area contributed by atoms with Crippen molar-refractivity contribution in [2.45, 2.75) is 30.2 Å².